The topological polar surface area (TPSA) is 74.7 Å². The molecular weight excluding hydrogens is 278 g/mol. The minimum Gasteiger partial charge on any atom is -0.478 e. The molecule has 0 radical (unpaired) electrons. The normalized spacial score (nSPS) is 16.8. The lowest BCUT2D eigenvalue weighted by Crippen LogP contribution is -2.35. The van der Waals surface area contributed by atoms with Gasteiger partial charge in [0.05, 0.1) is 10.5 Å². The Labute approximate surface area is 118 Å². The number of carboxylic acid groups (broad SMARTS) is 1. The Bertz CT molecular complexity index is 676. The van der Waals surface area contributed by atoms with Crippen molar-refractivity contribution in [2.75, 3.05) is 13.1 Å². The first-order valence-corrected chi connectivity index (χ1v) is 7.76. The van der Waals surface area contributed by atoms with Crippen molar-refractivity contribution < 1.29 is 18.3 Å². The molecule has 1 N–H and O–H groups in total. The summed E-state index contributed by atoms with van der Waals surface area (Å²) >= 11 is 0. The van der Waals surface area contributed by atoms with Gasteiger partial charge in [0, 0.05) is 13.1 Å². The number of sulfonamides is 1. The van der Waals surface area contributed by atoms with E-state index in [0.29, 0.717) is 19.5 Å². The fraction of sp³-hybridized carbons (Fsp3) is 0.357. The summed E-state index contributed by atoms with van der Waals surface area (Å²) < 4.78 is 26.7. The monoisotopic (exact) mass is 295 g/mol. The zero-order valence-corrected chi connectivity index (χ0v) is 12.3. The molecule has 1 aromatic rings. The van der Waals surface area contributed by atoms with E-state index in [-0.39, 0.29) is 16.0 Å². The number of rotatable bonds is 3. The van der Waals surface area contributed by atoms with E-state index in [1.165, 1.54) is 29.4 Å². The van der Waals surface area contributed by atoms with Crippen LogP contribution < -0.4 is 0 Å². The average molecular weight is 295 g/mol. The molecule has 0 spiro atoms. The van der Waals surface area contributed by atoms with Gasteiger partial charge >= 0.3 is 5.97 Å². The molecule has 0 amide bonds. The van der Waals surface area contributed by atoms with Crippen LogP contribution in [0.5, 0.6) is 0 Å². The van der Waals surface area contributed by atoms with E-state index in [0.717, 1.165) is 5.57 Å². The Morgan fingerprint density at radius 2 is 2.00 bits per heavy atom. The largest absolute Gasteiger partial charge is 0.478 e. The Morgan fingerprint density at radius 3 is 2.60 bits per heavy atom. The molecule has 20 heavy (non-hydrogen) atoms. The van der Waals surface area contributed by atoms with Crippen molar-refractivity contribution in [1.82, 2.24) is 4.31 Å². The lowest BCUT2D eigenvalue weighted by molar-refractivity contribution is 0.0696. The number of carbonyl (C=O) groups is 1. The first-order chi connectivity index (χ1) is 9.34. The van der Waals surface area contributed by atoms with Crippen molar-refractivity contribution in [2.45, 2.75) is 25.2 Å². The first-order valence-electron chi connectivity index (χ1n) is 6.32. The Balaban J connectivity index is 2.48. The van der Waals surface area contributed by atoms with Gasteiger partial charge in [0.15, 0.2) is 0 Å². The maximum absolute atomic E-state index is 12.6. The van der Waals surface area contributed by atoms with E-state index in [1.807, 2.05) is 13.0 Å². The number of aromatic carboxylic acids is 1. The van der Waals surface area contributed by atoms with Gasteiger partial charge in [0.2, 0.25) is 10.0 Å². The minimum absolute atomic E-state index is 0.0235. The van der Waals surface area contributed by atoms with Crippen LogP contribution in [0, 0.1) is 6.92 Å². The Hall–Kier alpha value is -1.66. The van der Waals surface area contributed by atoms with Gasteiger partial charge in [-0.2, -0.15) is 4.31 Å². The van der Waals surface area contributed by atoms with Gasteiger partial charge in [-0.1, -0.05) is 17.7 Å². The van der Waals surface area contributed by atoms with E-state index in [4.69, 9.17) is 5.11 Å². The van der Waals surface area contributed by atoms with Gasteiger partial charge in [-0.05, 0) is 38.0 Å². The van der Waals surface area contributed by atoms with Crippen molar-refractivity contribution in [3.63, 3.8) is 0 Å². The summed E-state index contributed by atoms with van der Waals surface area (Å²) in [5, 5.41) is 9.09. The zero-order valence-electron chi connectivity index (χ0n) is 11.5. The van der Waals surface area contributed by atoms with Crippen LogP contribution in [0.3, 0.4) is 0 Å². The Morgan fingerprint density at radius 1 is 1.30 bits per heavy atom. The highest BCUT2D eigenvalue weighted by Gasteiger charge is 2.28. The lowest BCUT2D eigenvalue weighted by Gasteiger charge is -2.26. The molecule has 0 unspecified atom stereocenters. The number of nitrogens with zero attached hydrogens (tertiary/aromatic N) is 1. The van der Waals surface area contributed by atoms with Crippen LogP contribution in [0.25, 0.3) is 0 Å². The molecule has 0 aliphatic carbocycles. The van der Waals surface area contributed by atoms with E-state index in [1.54, 1.807) is 0 Å². The van der Waals surface area contributed by atoms with Crippen molar-refractivity contribution >= 4 is 16.0 Å². The number of hydrogen-bond donors (Lipinski definition) is 1. The van der Waals surface area contributed by atoms with Crippen LogP contribution in [0.1, 0.15) is 29.3 Å². The molecule has 0 saturated carbocycles. The second-order valence-corrected chi connectivity index (χ2v) is 6.82. The Kier molecular flexibility index (Phi) is 3.96. The third-order valence-electron chi connectivity index (χ3n) is 3.43. The van der Waals surface area contributed by atoms with Gasteiger partial charge in [-0.25, -0.2) is 13.2 Å². The average Bonchev–Trinajstić information content (AvgIpc) is 2.38. The fourth-order valence-electron chi connectivity index (χ4n) is 2.35. The van der Waals surface area contributed by atoms with Crippen molar-refractivity contribution in [3.05, 3.63) is 41.0 Å². The van der Waals surface area contributed by atoms with Crippen molar-refractivity contribution in [3.8, 4) is 0 Å². The molecule has 1 heterocycles. The SMILES string of the molecule is CC1=CCCN(S(=O)(=O)c2cccc(C(=O)O)c2C)C1. The number of carboxylic acids is 1. The molecule has 0 bridgehead atoms. The molecule has 0 saturated heterocycles. The van der Waals surface area contributed by atoms with Crippen LogP contribution in [0.15, 0.2) is 34.7 Å². The highest BCUT2D eigenvalue weighted by Crippen LogP contribution is 2.25. The maximum atomic E-state index is 12.6. The fourth-order valence-corrected chi connectivity index (χ4v) is 4.09. The number of benzene rings is 1. The second kappa shape index (κ2) is 5.38. The van der Waals surface area contributed by atoms with Crippen LogP contribution >= 0.6 is 0 Å². The minimum atomic E-state index is -3.65. The first kappa shape index (κ1) is 14.7. The lowest BCUT2D eigenvalue weighted by atomic mass is 10.1. The summed E-state index contributed by atoms with van der Waals surface area (Å²) in [5.41, 5.74) is 1.31. The third kappa shape index (κ3) is 2.62. The summed E-state index contributed by atoms with van der Waals surface area (Å²) in [6.07, 6.45) is 2.70. The van der Waals surface area contributed by atoms with Crippen molar-refractivity contribution in [2.24, 2.45) is 0 Å². The van der Waals surface area contributed by atoms with E-state index in [2.05, 4.69) is 0 Å². The van der Waals surface area contributed by atoms with Gasteiger partial charge in [0.25, 0.3) is 0 Å². The second-order valence-electron chi connectivity index (χ2n) is 4.91. The molecule has 0 aromatic heterocycles. The maximum Gasteiger partial charge on any atom is 0.335 e. The smallest absolute Gasteiger partial charge is 0.335 e. The predicted molar refractivity (Wildman–Crippen MR) is 75.3 cm³/mol. The van der Waals surface area contributed by atoms with E-state index >= 15 is 0 Å². The van der Waals surface area contributed by atoms with E-state index in [9.17, 15) is 13.2 Å². The highest BCUT2D eigenvalue weighted by molar-refractivity contribution is 7.89. The highest BCUT2D eigenvalue weighted by atomic mass is 32.2. The molecule has 1 aliphatic heterocycles. The summed E-state index contributed by atoms with van der Waals surface area (Å²) in [7, 11) is -3.65. The zero-order chi connectivity index (χ0) is 14.9. The summed E-state index contributed by atoms with van der Waals surface area (Å²) in [5.74, 6) is -1.12. The molecule has 0 atom stereocenters. The molecule has 6 heteroatoms. The summed E-state index contributed by atoms with van der Waals surface area (Å²) in [6.45, 7) is 4.21. The molecule has 1 aliphatic rings. The van der Waals surface area contributed by atoms with Gasteiger partial charge in [-0.3, -0.25) is 0 Å². The molecule has 1 aromatic carbocycles. The number of hydrogen-bond acceptors (Lipinski definition) is 3. The summed E-state index contributed by atoms with van der Waals surface area (Å²) in [6, 6.07) is 4.35. The molecule has 5 nitrogen and oxygen atoms in total. The van der Waals surface area contributed by atoms with Gasteiger partial charge in [0.1, 0.15) is 0 Å². The third-order valence-corrected chi connectivity index (χ3v) is 5.42. The molecular formula is C14H17NO4S. The predicted octanol–water partition coefficient (Wildman–Crippen LogP) is 2.03. The molecule has 0 fully saturated rings. The molecule has 2 rings (SSSR count). The van der Waals surface area contributed by atoms with Gasteiger partial charge in [-0.15, -0.1) is 0 Å². The van der Waals surface area contributed by atoms with Crippen LogP contribution in [0.4, 0.5) is 0 Å². The quantitative estimate of drug-likeness (QED) is 0.866. The molecule has 108 valence electrons. The summed E-state index contributed by atoms with van der Waals surface area (Å²) in [4.78, 5) is 11.2. The van der Waals surface area contributed by atoms with E-state index < -0.39 is 16.0 Å². The van der Waals surface area contributed by atoms with Crippen LogP contribution in [-0.4, -0.2) is 36.9 Å². The standard InChI is InChI=1S/C14H17NO4S/c1-10-5-4-8-15(9-10)20(18,19)13-7-3-6-12(11(13)2)14(16)17/h3,5-7H,4,8-9H2,1-2H3,(H,16,17). The van der Waals surface area contributed by atoms with Gasteiger partial charge < -0.3 is 5.11 Å². The van der Waals surface area contributed by atoms with Crippen molar-refractivity contribution in [1.29, 1.82) is 0 Å². The van der Waals surface area contributed by atoms with Crippen LogP contribution in [-0.2, 0) is 10.0 Å². The van der Waals surface area contributed by atoms with Crippen LogP contribution in [0.2, 0.25) is 0 Å².